The summed E-state index contributed by atoms with van der Waals surface area (Å²) in [5.41, 5.74) is 0.0794. The largest absolute Gasteiger partial charge is 0.348 e. The second-order valence-electron chi connectivity index (χ2n) is 4.98. The van der Waals surface area contributed by atoms with Crippen LogP contribution >= 0.6 is 15.9 Å². The van der Waals surface area contributed by atoms with Crippen LogP contribution in [0.25, 0.3) is 0 Å². The SMILES string of the molecule is CC(CN1CCCC1)NC(=O)c1c(F)cccc1Br. The number of likely N-dealkylation sites (tertiary alicyclic amines) is 1. The molecule has 19 heavy (non-hydrogen) atoms. The molecule has 1 fully saturated rings. The van der Waals surface area contributed by atoms with Crippen LogP contribution in [0.15, 0.2) is 22.7 Å². The number of carbonyl (C=O) groups excluding carboxylic acids is 1. The predicted molar refractivity (Wildman–Crippen MR) is 76.7 cm³/mol. The van der Waals surface area contributed by atoms with Crippen LogP contribution in [0.5, 0.6) is 0 Å². The molecule has 1 atom stereocenters. The molecule has 1 aliphatic heterocycles. The molecular formula is C14H18BrFN2O. The Kier molecular flexibility index (Phi) is 4.93. The molecule has 1 saturated heterocycles. The summed E-state index contributed by atoms with van der Waals surface area (Å²) >= 11 is 3.21. The van der Waals surface area contributed by atoms with E-state index >= 15 is 0 Å². The summed E-state index contributed by atoms with van der Waals surface area (Å²) in [6.07, 6.45) is 2.44. The van der Waals surface area contributed by atoms with Gasteiger partial charge in [-0.3, -0.25) is 4.79 Å². The number of hydrogen-bond donors (Lipinski definition) is 1. The van der Waals surface area contributed by atoms with Gasteiger partial charge >= 0.3 is 0 Å². The number of benzene rings is 1. The molecular weight excluding hydrogens is 311 g/mol. The van der Waals surface area contributed by atoms with E-state index in [1.807, 2.05) is 6.92 Å². The van der Waals surface area contributed by atoms with Gasteiger partial charge in [-0.2, -0.15) is 0 Å². The van der Waals surface area contributed by atoms with Crippen molar-refractivity contribution in [2.45, 2.75) is 25.8 Å². The van der Waals surface area contributed by atoms with Gasteiger partial charge in [-0.1, -0.05) is 6.07 Å². The van der Waals surface area contributed by atoms with Crippen LogP contribution in [0, 0.1) is 5.82 Å². The molecule has 0 saturated carbocycles. The van der Waals surface area contributed by atoms with E-state index in [1.54, 1.807) is 12.1 Å². The van der Waals surface area contributed by atoms with E-state index in [0.717, 1.165) is 19.6 Å². The number of rotatable bonds is 4. The monoisotopic (exact) mass is 328 g/mol. The quantitative estimate of drug-likeness (QED) is 0.921. The van der Waals surface area contributed by atoms with Gasteiger partial charge in [-0.15, -0.1) is 0 Å². The first-order valence-corrected chi connectivity index (χ1v) is 7.34. The van der Waals surface area contributed by atoms with Crippen LogP contribution in [-0.2, 0) is 0 Å². The third-order valence-corrected chi connectivity index (χ3v) is 3.96. The van der Waals surface area contributed by atoms with Gasteiger partial charge in [0.15, 0.2) is 0 Å². The van der Waals surface area contributed by atoms with E-state index in [4.69, 9.17) is 0 Å². The Balaban J connectivity index is 1.96. The summed E-state index contributed by atoms with van der Waals surface area (Å²) < 4.78 is 14.1. The summed E-state index contributed by atoms with van der Waals surface area (Å²) in [4.78, 5) is 14.4. The van der Waals surface area contributed by atoms with Gasteiger partial charge in [0.25, 0.3) is 5.91 Å². The van der Waals surface area contributed by atoms with Crippen LogP contribution in [0.1, 0.15) is 30.1 Å². The van der Waals surface area contributed by atoms with Crippen molar-refractivity contribution in [2.75, 3.05) is 19.6 Å². The Morgan fingerprint density at radius 2 is 2.16 bits per heavy atom. The predicted octanol–water partition coefficient (Wildman–Crippen LogP) is 2.80. The van der Waals surface area contributed by atoms with Crippen molar-refractivity contribution >= 4 is 21.8 Å². The first kappa shape index (κ1) is 14.5. The van der Waals surface area contributed by atoms with Crippen LogP contribution < -0.4 is 5.32 Å². The van der Waals surface area contributed by atoms with Gasteiger partial charge in [0.1, 0.15) is 5.82 Å². The molecule has 0 bridgehead atoms. The number of amides is 1. The van der Waals surface area contributed by atoms with Gasteiger partial charge in [-0.25, -0.2) is 4.39 Å². The molecule has 1 aliphatic rings. The van der Waals surface area contributed by atoms with Crippen molar-refractivity contribution in [1.29, 1.82) is 0 Å². The Labute approximate surface area is 121 Å². The highest BCUT2D eigenvalue weighted by atomic mass is 79.9. The maximum absolute atomic E-state index is 13.7. The Hall–Kier alpha value is -0.940. The maximum Gasteiger partial charge on any atom is 0.255 e. The lowest BCUT2D eigenvalue weighted by atomic mass is 10.2. The Morgan fingerprint density at radius 1 is 1.47 bits per heavy atom. The van der Waals surface area contributed by atoms with Crippen molar-refractivity contribution in [3.63, 3.8) is 0 Å². The Bertz CT molecular complexity index is 441. The number of nitrogens with zero attached hydrogens (tertiary/aromatic N) is 1. The molecule has 0 aromatic heterocycles. The zero-order chi connectivity index (χ0) is 13.8. The number of hydrogen-bond acceptors (Lipinski definition) is 2. The maximum atomic E-state index is 13.7. The van der Waals surface area contributed by atoms with Gasteiger partial charge < -0.3 is 10.2 Å². The van der Waals surface area contributed by atoms with Gasteiger partial charge in [-0.05, 0) is 60.9 Å². The number of carbonyl (C=O) groups is 1. The molecule has 1 N–H and O–H groups in total. The fourth-order valence-electron chi connectivity index (χ4n) is 2.41. The van der Waals surface area contributed by atoms with Crippen molar-refractivity contribution in [3.05, 3.63) is 34.1 Å². The Morgan fingerprint density at radius 3 is 2.79 bits per heavy atom. The lowest BCUT2D eigenvalue weighted by Gasteiger charge is -2.21. The van der Waals surface area contributed by atoms with Crippen molar-refractivity contribution in [1.82, 2.24) is 10.2 Å². The van der Waals surface area contributed by atoms with Crippen LogP contribution in [0.2, 0.25) is 0 Å². The second-order valence-corrected chi connectivity index (χ2v) is 5.83. The normalized spacial score (nSPS) is 17.4. The minimum Gasteiger partial charge on any atom is -0.348 e. The smallest absolute Gasteiger partial charge is 0.255 e. The van der Waals surface area contributed by atoms with E-state index in [-0.39, 0.29) is 17.5 Å². The molecule has 1 aromatic carbocycles. The first-order valence-electron chi connectivity index (χ1n) is 6.55. The van der Waals surface area contributed by atoms with Crippen molar-refractivity contribution < 1.29 is 9.18 Å². The van der Waals surface area contributed by atoms with Crippen molar-refractivity contribution in [3.8, 4) is 0 Å². The average Bonchev–Trinajstić information content (AvgIpc) is 2.81. The van der Waals surface area contributed by atoms with E-state index in [0.29, 0.717) is 4.47 Å². The molecule has 104 valence electrons. The highest BCUT2D eigenvalue weighted by Crippen LogP contribution is 2.19. The van der Waals surface area contributed by atoms with E-state index in [2.05, 4.69) is 26.1 Å². The minimum atomic E-state index is -0.500. The first-order chi connectivity index (χ1) is 9.08. The summed E-state index contributed by atoms with van der Waals surface area (Å²) in [5, 5.41) is 2.85. The molecule has 0 aliphatic carbocycles. The lowest BCUT2D eigenvalue weighted by molar-refractivity contribution is 0.0927. The summed E-state index contributed by atoms with van der Waals surface area (Å²) in [6, 6.07) is 4.55. The van der Waals surface area contributed by atoms with Crippen LogP contribution in [0.4, 0.5) is 4.39 Å². The lowest BCUT2D eigenvalue weighted by Crippen LogP contribution is -2.41. The van der Waals surface area contributed by atoms with E-state index in [9.17, 15) is 9.18 Å². The third kappa shape index (κ3) is 3.76. The molecule has 2 rings (SSSR count). The second kappa shape index (κ2) is 6.48. The van der Waals surface area contributed by atoms with Crippen molar-refractivity contribution in [2.24, 2.45) is 0 Å². The fourth-order valence-corrected chi connectivity index (χ4v) is 2.93. The van der Waals surface area contributed by atoms with E-state index in [1.165, 1.54) is 18.9 Å². The average molecular weight is 329 g/mol. The molecule has 1 aromatic rings. The summed E-state index contributed by atoms with van der Waals surface area (Å²) in [7, 11) is 0. The topological polar surface area (TPSA) is 32.3 Å². The zero-order valence-electron chi connectivity index (χ0n) is 11.0. The molecule has 1 heterocycles. The van der Waals surface area contributed by atoms with E-state index < -0.39 is 5.82 Å². The summed E-state index contributed by atoms with van der Waals surface area (Å²) in [6.45, 7) is 4.94. The summed E-state index contributed by atoms with van der Waals surface area (Å²) in [5.74, 6) is -0.864. The number of nitrogens with one attached hydrogen (secondary N) is 1. The number of halogens is 2. The van der Waals surface area contributed by atoms with Crippen LogP contribution in [0.3, 0.4) is 0 Å². The molecule has 0 spiro atoms. The van der Waals surface area contributed by atoms with Gasteiger partial charge in [0.2, 0.25) is 0 Å². The highest BCUT2D eigenvalue weighted by Gasteiger charge is 2.19. The molecule has 1 unspecified atom stereocenters. The molecule has 3 nitrogen and oxygen atoms in total. The minimum absolute atomic E-state index is 0.0112. The zero-order valence-corrected chi connectivity index (χ0v) is 12.5. The fraction of sp³-hybridized carbons (Fsp3) is 0.500. The highest BCUT2D eigenvalue weighted by molar-refractivity contribution is 9.10. The standard InChI is InChI=1S/C14H18BrFN2O/c1-10(9-18-7-2-3-8-18)17-14(19)13-11(15)5-4-6-12(13)16/h4-6,10H,2-3,7-9H2,1H3,(H,17,19). The molecule has 1 amide bonds. The van der Waals surface area contributed by atoms with Gasteiger partial charge in [0.05, 0.1) is 5.56 Å². The molecule has 0 radical (unpaired) electrons. The molecule has 5 heteroatoms. The van der Waals surface area contributed by atoms with Gasteiger partial charge in [0, 0.05) is 17.1 Å². The third-order valence-electron chi connectivity index (χ3n) is 3.30. The van der Waals surface area contributed by atoms with Crippen LogP contribution in [-0.4, -0.2) is 36.5 Å².